The average molecular weight is 482 g/mol. The second-order valence-electron chi connectivity index (χ2n) is 7.41. The van der Waals surface area contributed by atoms with E-state index in [9.17, 15) is 13.2 Å². The lowest BCUT2D eigenvalue weighted by molar-refractivity contribution is 0.0941. The summed E-state index contributed by atoms with van der Waals surface area (Å²) < 4.78 is 40.4. The number of sulfonamides is 1. The molecule has 4 rings (SSSR count). The van der Waals surface area contributed by atoms with Gasteiger partial charge in [0.05, 0.1) is 18.6 Å². The molecule has 0 aliphatic carbocycles. The van der Waals surface area contributed by atoms with E-state index in [1.54, 1.807) is 62.6 Å². The molecule has 4 aromatic rings. The van der Waals surface area contributed by atoms with Gasteiger partial charge in [-0.05, 0) is 55.5 Å². The predicted molar refractivity (Wildman–Crippen MR) is 125 cm³/mol. The van der Waals surface area contributed by atoms with E-state index in [1.165, 1.54) is 23.9 Å². The molecular formula is C23H23N5O5S. The fourth-order valence-electron chi connectivity index (χ4n) is 3.25. The van der Waals surface area contributed by atoms with Crippen LogP contribution < -0.4 is 14.8 Å². The van der Waals surface area contributed by atoms with Gasteiger partial charge in [-0.2, -0.15) is 5.10 Å². The Balaban J connectivity index is 1.49. The van der Waals surface area contributed by atoms with Crippen LogP contribution in [0.15, 0.2) is 70.1 Å². The molecule has 0 saturated carbocycles. The van der Waals surface area contributed by atoms with Crippen LogP contribution in [0.4, 0.5) is 5.69 Å². The number of amides is 1. The molecule has 34 heavy (non-hydrogen) atoms. The summed E-state index contributed by atoms with van der Waals surface area (Å²) in [4.78, 5) is 16.9. The predicted octanol–water partition coefficient (Wildman–Crippen LogP) is 3.12. The summed E-state index contributed by atoms with van der Waals surface area (Å²) in [6, 6.07) is 14.4. The van der Waals surface area contributed by atoms with Crippen molar-refractivity contribution < 1.29 is 22.4 Å². The third-order valence-corrected chi connectivity index (χ3v) is 6.49. The Bertz CT molecular complexity index is 1420. The number of nitrogens with zero attached hydrogens (tertiary/aromatic N) is 3. The summed E-state index contributed by atoms with van der Waals surface area (Å²) >= 11 is 0. The molecule has 176 valence electrons. The summed E-state index contributed by atoms with van der Waals surface area (Å²) in [5.41, 5.74) is 1.94. The van der Waals surface area contributed by atoms with E-state index in [4.69, 9.17) is 9.15 Å². The van der Waals surface area contributed by atoms with E-state index in [0.29, 0.717) is 40.0 Å². The van der Waals surface area contributed by atoms with E-state index in [-0.39, 0.29) is 17.3 Å². The van der Waals surface area contributed by atoms with Gasteiger partial charge in [0.15, 0.2) is 0 Å². The molecule has 0 radical (unpaired) electrons. The first-order valence-corrected chi connectivity index (χ1v) is 11.7. The molecule has 0 saturated heterocycles. The molecule has 11 heteroatoms. The quantitative estimate of drug-likeness (QED) is 0.396. The van der Waals surface area contributed by atoms with E-state index in [0.717, 1.165) is 0 Å². The molecular weight excluding hydrogens is 458 g/mol. The Hall–Kier alpha value is -4.12. The Morgan fingerprint density at radius 1 is 1.15 bits per heavy atom. The van der Waals surface area contributed by atoms with Crippen molar-refractivity contribution in [2.24, 2.45) is 7.05 Å². The van der Waals surface area contributed by atoms with Gasteiger partial charge in [-0.25, -0.2) is 13.4 Å². The van der Waals surface area contributed by atoms with Gasteiger partial charge in [0.25, 0.3) is 15.9 Å². The highest BCUT2D eigenvalue weighted by molar-refractivity contribution is 7.92. The number of hydrogen-bond acceptors (Lipinski definition) is 7. The van der Waals surface area contributed by atoms with Crippen molar-refractivity contribution in [3.8, 4) is 17.2 Å². The lowest BCUT2D eigenvalue weighted by Gasteiger charge is -2.09. The smallest absolute Gasteiger partial charge is 0.269 e. The van der Waals surface area contributed by atoms with Crippen LogP contribution >= 0.6 is 0 Å². The van der Waals surface area contributed by atoms with E-state index < -0.39 is 10.0 Å². The van der Waals surface area contributed by atoms with Crippen molar-refractivity contribution in [1.82, 2.24) is 20.1 Å². The van der Waals surface area contributed by atoms with Gasteiger partial charge in [-0.1, -0.05) is 6.07 Å². The van der Waals surface area contributed by atoms with Crippen LogP contribution in [0.1, 0.15) is 21.9 Å². The standard InChI is InChI=1S/C23H23N5O5S/c1-15-20(14-24-22(29)21-11-12-25-28(21)2)26-23(33-15)16-5-4-6-17(13-16)27-34(30,31)19-9-7-18(32-3)8-10-19/h4-13,27H,14H2,1-3H3,(H,24,29). The second-order valence-corrected chi connectivity index (χ2v) is 9.09. The number of oxazole rings is 1. The first-order chi connectivity index (χ1) is 16.3. The van der Waals surface area contributed by atoms with Crippen molar-refractivity contribution in [2.75, 3.05) is 11.8 Å². The molecule has 2 aromatic heterocycles. The Morgan fingerprint density at radius 3 is 2.59 bits per heavy atom. The molecule has 0 bridgehead atoms. The fraction of sp³-hybridized carbons (Fsp3) is 0.174. The van der Waals surface area contributed by atoms with Gasteiger partial charge in [-0.15, -0.1) is 0 Å². The highest BCUT2D eigenvalue weighted by Crippen LogP contribution is 2.26. The monoisotopic (exact) mass is 481 g/mol. The molecule has 10 nitrogen and oxygen atoms in total. The van der Waals surface area contributed by atoms with Crippen LogP contribution in [-0.4, -0.2) is 36.2 Å². The van der Waals surface area contributed by atoms with Gasteiger partial charge >= 0.3 is 0 Å². The number of hydrogen-bond donors (Lipinski definition) is 2. The number of aromatic nitrogens is 3. The minimum atomic E-state index is -3.79. The molecule has 0 unspecified atom stereocenters. The zero-order valence-corrected chi connectivity index (χ0v) is 19.6. The molecule has 1 amide bonds. The number of anilines is 1. The number of carbonyl (C=O) groups excluding carboxylic acids is 1. The molecule has 2 N–H and O–H groups in total. The van der Waals surface area contributed by atoms with Crippen molar-refractivity contribution in [2.45, 2.75) is 18.4 Å². The number of nitrogens with one attached hydrogen (secondary N) is 2. The van der Waals surface area contributed by atoms with Crippen LogP contribution in [0.25, 0.3) is 11.5 Å². The largest absolute Gasteiger partial charge is 0.497 e. The molecule has 0 aliphatic heterocycles. The van der Waals surface area contributed by atoms with Gasteiger partial charge in [-0.3, -0.25) is 14.2 Å². The fourth-order valence-corrected chi connectivity index (χ4v) is 4.30. The summed E-state index contributed by atoms with van der Waals surface area (Å²) in [6.45, 7) is 1.92. The molecule has 2 aromatic carbocycles. The number of ether oxygens (including phenoxy) is 1. The zero-order chi connectivity index (χ0) is 24.3. The third kappa shape index (κ3) is 4.94. The van der Waals surface area contributed by atoms with E-state index >= 15 is 0 Å². The highest BCUT2D eigenvalue weighted by Gasteiger charge is 2.17. The Labute approximate surface area is 196 Å². The topological polar surface area (TPSA) is 128 Å². The summed E-state index contributed by atoms with van der Waals surface area (Å²) in [6.07, 6.45) is 1.55. The van der Waals surface area contributed by atoms with Gasteiger partial charge < -0.3 is 14.5 Å². The maximum atomic E-state index is 12.7. The molecule has 0 aliphatic rings. The molecule has 0 atom stereocenters. The van der Waals surface area contributed by atoms with E-state index in [2.05, 4.69) is 20.1 Å². The molecule has 0 spiro atoms. The lowest BCUT2D eigenvalue weighted by Crippen LogP contribution is -2.25. The average Bonchev–Trinajstić information content (AvgIpc) is 3.42. The van der Waals surface area contributed by atoms with Crippen LogP contribution in [0, 0.1) is 6.92 Å². The SMILES string of the molecule is COc1ccc(S(=O)(=O)Nc2cccc(-c3nc(CNC(=O)c4ccnn4C)c(C)o3)c2)cc1. The number of methoxy groups -OCH3 is 1. The normalized spacial score (nSPS) is 11.3. The lowest BCUT2D eigenvalue weighted by atomic mass is 10.2. The van der Waals surface area contributed by atoms with Gasteiger partial charge in [0, 0.05) is 24.5 Å². The summed E-state index contributed by atoms with van der Waals surface area (Å²) in [5.74, 6) is 1.14. The minimum Gasteiger partial charge on any atom is -0.497 e. The van der Waals surface area contributed by atoms with Crippen molar-refractivity contribution in [3.63, 3.8) is 0 Å². The Morgan fingerprint density at radius 2 is 1.91 bits per heavy atom. The van der Waals surface area contributed by atoms with Crippen LogP contribution in [0.2, 0.25) is 0 Å². The van der Waals surface area contributed by atoms with Gasteiger partial charge in [0.2, 0.25) is 5.89 Å². The van der Waals surface area contributed by atoms with Crippen molar-refractivity contribution in [3.05, 3.63) is 77.9 Å². The van der Waals surface area contributed by atoms with Crippen molar-refractivity contribution in [1.29, 1.82) is 0 Å². The first kappa shape index (κ1) is 23.1. The Kier molecular flexibility index (Phi) is 6.37. The van der Waals surface area contributed by atoms with E-state index in [1.807, 2.05) is 0 Å². The van der Waals surface area contributed by atoms with Crippen LogP contribution in [-0.2, 0) is 23.6 Å². The number of carbonyl (C=O) groups is 1. The summed E-state index contributed by atoms with van der Waals surface area (Å²) in [7, 11) is -0.598. The number of rotatable bonds is 8. The molecule has 0 fully saturated rings. The minimum absolute atomic E-state index is 0.108. The summed E-state index contributed by atoms with van der Waals surface area (Å²) in [5, 5.41) is 6.78. The van der Waals surface area contributed by atoms with Gasteiger partial charge in [0.1, 0.15) is 22.9 Å². The zero-order valence-electron chi connectivity index (χ0n) is 18.8. The number of aryl methyl sites for hydroxylation is 2. The molecule has 2 heterocycles. The number of benzene rings is 2. The third-order valence-electron chi connectivity index (χ3n) is 5.09. The van der Waals surface area contributed by atoms with Crippen LogP contribution in [0.5, 0.6) is 5.75 Å². The maximum Gasteiger partial charge on any atom is 0.269 e. The highest BCUT2D eigenvalue weighted by atomic mass is 32.2. The second kappa shape index (κ2) is 9.40. The first-order valence-electron chi connectivity index (χ1n) is 10.3. The maximum absolute atomic E-state index is 12.7. The van der Waals surface area contributed by atoms with Crippen LogP contribution in [0.3, 0.4) is 0 Å². The van der Waals surface area contributed by atoms with Crippen molar-refractivity contribution >= 4 is 21.6 Å².